The molecular formula is C42H79NO5. The second-order valence-electron chi connectivity index (χ2n) is 13.8. The minimum atomic E-state index is -0.0642. The summed E-state index contributed by atoms with van der Waals surface area (Å²) in [5.74, 6) is -0.128. The number of carbonyl (C=O) groups excluding carboxylic acids is 2. The predicted molar refractivity (Wildman–Crippen MR) is 204 cm³/mol. The zero-order valence-electron chi connectivity index (χ0n) is 32.3. The summed E-state index contributed by atoms with van der Waals surface area (Å²) >= 11 is 0. The van der Waals surface area contributed by atoms with Gasteiger partial charge in [0.2, 0.25) is 0 Å². The van der Waals surface area contributed by atoms with Crippen LogP contribution in [-0.2, 0) is 19.1 Å². The van der Waals surface area contributed by atoms with Crippen molar-refractivity contribution in [2.75, 3.05) is 39.5 Å². The number of ether oxygens (including phenoxy) is 2. The van der Waals surface area contributed by atoms with Gasteiger partial charge in [0.25, 0.3) is 0 Å². The number of carbonyl (C=O) groups is 2. The molecule has 0 bridgehead atoms. The van der Waals surface area contributed by atoms with Crippen molar-refractivity contribution in [2.24, 2.45) is 0 Å². The number of allylic oxidation sites excluding steroid dienone is 4. The first-order valence-corrected chi connectivity index (χ1v) is 20.5. The summed E-state index contributed by atoms with van der Waals surface area (Å²) < 4.78 is 10.9. The third kappa shape index (κ3) is 31.6. The van der Waals surface area contributed by atoms with Gasteiger partial charge in [0.05, 0.1) is 19.8 Å². The van der Waals surface area contributed by atoms with Crippen molar-refractivity contribution in [1.82, 2.24) is 4.90 Å². The van der Waals surface area contributed by atoms with Gasteiger partial charge in [-0.1, -0.05) is 76.7 Å². The van der Waals surface area contributed by atoms with E-state index < -0.39 is 0 Å². The van der Waals surface area contributed by atoms with E-state index in [4.69, 9.17) is 9.47 Å². The molecular weight excluding hydrogens is 598 g/mol. The minimum Gasteiger partial charge on any atom is -0.466 e. The summed E-state index contributed by atoms with van der Waals surface area (Å²) in [7, 11) is 0. The Kier molecular flexibility index (Phi) is 35.3. The van der Waals surface area contributed by atoms with E-state index in [0.717, 1.165) is 90.1 Å². The lowest BCUT2D eigenvalue weighted by molar-refractivity contribution is -0.144. The fourth-order valence-corrected chi connectivity index (χ4v) is 5.94. The smallest absolute Gasteiger partial charge is 0.305 e. The van der Waals surface area contributed by atoms with Crippen molar-refractivity contribution >= 4 is 11.9 Å². The van der Waals surface area contributed by atoms with E-state index in [1.165, 1.54) is 77.0 Å². The van der Waals surface area contributed by atoms with E-state index in [9.17, 15) is 14.7 Å². The average molecular weight is 678 g/mol. The summed E-state index contributed by atoms with van der Waals surface area (Å²) in [5.41, 5.74) is 3.21. The first kappa shape index (κ1) is 46.3. The fourth-order valence-electron chi connectivity index (χ4n) is 5.94. The minimum absolute atomic E-state index is 0.0642. The number of nitrogens with zero attached hydrogens (tertiary/aromatic N) is 1. The number of hydrogen-bond donors (Lipinski definition) is 1. The predicted octanol–water partition coefficient (Wildman–Crippen LogP) is 11.4. The van der Waals surface area contributed by atoms with E-state index in [1.807, 2.05) is 0 Å². The van der Waals surface area contributed by atoms with E-state index >= 15 is 0 Å². The first-order valence-electron chi connectivity index (χ1n) is 20.5. The van der Waals surface area contributed by atoms with Gasteiger partial charge >= 0.3 is 11.9 Å². The van der Waals surface area contributed by atoms with Gasteiger partial charge in [0.15, 0.2) is 0 Å². The van der Waals surface area contributed by atoms with Gasteiger partial charge in [0, 0.05) is 19.4 Å². The molecule has 282 valence electrons. The Hall–Kier alpha value is -1.66. The van der Waals surface area contributed by atoms with E-state index in [-0.39, 0.29) is 18.5 Å². The quantitative estimate of drug-likeness (QED) is 0.0404. The topological polar surface area (TPSA) is 76.1 Å². The van der Waals surface area contributed by atoms with Crippen LogP contribution in [0.5, 0.6) is 0 Å². The molecule has 0 aliphatic heterocycles. The van der Waals surface area contributed by atoms with Crippen LogP contribution >= 0.6 is 0 Å². The van der Waals surface area contributed by atoms with Gasteiger partial charge < -0.3 is 19.5 Å². The van der Waals surface area contributed by atoms with Crippen LogP contribution in [-0.4, -0.2) is 61.4 Å². The van der Waals surface area contributed by atoms with Crippen LogP contribution in [0.15, 0.2) is 23.3 Å². The maximum atomic E-state index is 12.1. The van der Waals surface area contributed by atoms with E-state index in [0.29, 0.717) is 32.6 Å². The number of aliphatic hydroxyl groups is 1. The van der Waals surface area contributed by atoms with Crippen LogP contribution in [0.3, 0.4) is 0 Å². The van der Waals surface area contributed by atoms with Crippen molar-refractivity contribution in [2.45, 2.75) is 195 Å². The summed E-state index contributed by atoms with van der Waals surface area (Å²) in [6.45, 7) is 12.8. The maximum Gasteiger partial charge on any atom is 0.305 e. The Balaban J connectivity index is 3.88. The van der Waals surface area contributed by atoms with Crippen molar-refractivity contribution in [3.8, 4) is 0 Å². The number of unbranched alkanes of at least 4 members (excludes halogenated alkanes) is 12. The third-order valence-electron chi connectivity index (χ3n) is 9.12. The molecule has 0 unspecified atom stereocenters. The molecule has 0 atom stereocenters. The maximum absolute atomic E-state index is 12.1. The molecule has 0 radical (unpaired) electrons. The van der Waals surface area contributed by atoms with Crippen molar-refractivity contribution in [1.29, 1.82) is 0 Å². The van der Waals surface area contributed by atoms with Gasteiger partial charge in [-0.3, -0.25) is 9.59 Å². The molecule has 0 aliphatic carbocycles. The largest absolute Gasteiger partial charge is 0.466 e. The van der Waals surface area contributed by atoms with Crippen LogP contribution < -0.4 is 0 Å². The molecule has 0 aromatic carbocycles. The van der Waals surface area contributed by atoms with Crippen molar-refractivity contribution < 1.29 is 24.2 Å². The Morgan fingerprint density at radius 2 is 0.875 bits per heavy atom. The molecule has 0 saturated carbocycles. The monoisotopic (exact) mass is 678 g/mol. The molecule has 6 nitrogen and oxygen atoms in total. The number of hydrogen-bond acceptors (Lipinski definition) is 6. The van der Waals surface area contributed by atoms with Crippen LogP contribution in [0.2, 0.25) is 0 Å². The Morgan fingerprint density at radius 1 is 0.479 bits per heavy atom. The van der Waals surface area contributed by atoms with Crippen LogP contribution in [0, 0.1) is 0 Å². The van der Waals surface area contributed by atoms with Crippen LogP contribution in [0.4, 0.5) is 0 Å². The lowest BCUT2D eigenvalue weighted by atomic mass is 10.0. The summed E-state index contributed by atoms with van der Waals surface area (Å²) in [6, 6.07) is 0. The zero-order valence-corrected chi connectivity index (χ0v) is 32.3. The molecule has 0 saturated heterocycles. The van der Waals surface area contributed by atoms with Crippen molar-refractivity contribution in [3.05, 3.63) is 23.3 Å². The van der Waals surface area contributed by atoms with E-state index in [1.54, 1.807) is 11.1 Å². The molecule has 0 aromatic rings. The molecule has 0 aromatic heterocycles. The molecule has 0 spiro atoms. The van der Waals surface area contributed by atoms with Gasteiger partial charge in [-0.15, -0.1) is 0 Å². The van der Waals surface area contributed by atoms with E-state index in [2.05, 4.69) is 44.7 Å². The highest BCUT2D eigenvalue weighted by atomic mass is 16.5. The van der Waals surface area contributed by atoms with Gasteiger partial charge in [-0.2, -0.15) is 0 Å². The molecule has 48 heavy (non-hydrogen) atoms. The molecule has 0 aliphatic rings. The fraction of sp³-hybridized carbons (Fsp3) is 0.857. The number of aliphatic hydroxyl groups excluding tert-OH is 1. The molecule has 1 N–H and O–H groups in total. The molecule has 0 amide bonds. The number of esters is 2. The second-order valence-corrected chi connectivity index (χ2v) is 13.8. The highest BCUT2D eigenvalue weighted by molar-refractivity contribution is 5.69. The Bertz CT molecular complexity index is 711. The van der Waals surface area contributed by atoms with Crippen LogP contribution in [0.25, 0.3) is 0 Å². The molecule has 0 rings (SSSR count). The third-order valence-corrected chi connectivity index (χ3v) is 9.12. The molecule has 6 heteroatoms. The standard InChI is InChI=1S/C42H79NO5/c1-5-9-25-39(26-10-6-2)29-17-13-19-31-41(45)47-37-23-15-21-33-43(35-36-44)34-22-16-24-38-48-42(46)32-20-14-18-30-40(27-11-7-3)28-12-8-4/h29-30,44H,5-28,31-38H2,1-4H3. The second kappa shape index (κ2) is 36.6. The summed E-state index contributed by atoms with van der Waals surface area (Å²) in [6.07, 6.45) is 32.9. The summed E-state index contributed by atoms with van der Waals surface area (Å²) in [4.78, 5) is 26.6. The Labute approximate surface area is 297 Å². The van der Waals surface area contributed by atoms with Crippen LogP contribution in [0.1, 0.15) is 195 Å². The van der Waals surface area contributed by atoms with Gasteiger partial charge in [-0.05, 0) is 142 Å². The lowest BCUT2D eigenvalue weighted by Crippen LogP contribution is -2.29. The average Bonchev–Trinajstić information content (AvgIpc) is 3.08. The highest BCUT2D eigenvalue weighted by Gasteiger charge is 2.07. The molecule has 0 heterocycles. The normalized spacial score (nSPS) is 11.1. The van der Waals surface area contributed by atoms with Gasteiger partial charge in [-0.25, -0.2) is 0 Å². The SMILES string of the molecule is CCCCC(=CCCCCC(=O)OCCCCCN(CCO)CCCCCOC(=O)CCCCC=C(CCCC)CCCC)CCCC. The van der Waals surface area contributed by atoms with Gasteiger partial charge in [0.1, 0.15) is 0 Å². The summed E-state index contributed by atoms with van der Waals surface area (Å²) in [5, 5.41) is 9.48. The Morgan fingerprint density at radius 3 is 1.23 bits per heavy atom. The number of rotatable bonds is 36. The lowest BCUT2D eigenvalue weighted by Gasteiger charge is -2.21. The highest BCUT2D eigenvalue weighted by Crippen LogP contribution is 2.18. The zero-order chi connectivity index (χ0) is 35.3. The van der Waals surface area contributed by atoms with Crippen molar-refractivity contribution in [3.63, 3.8) is 0 Å². The molecule has 0 fully saturated rings. The first-order chi connectivity index (χ1) is 23.5.